The maximum Gasteiger partial charge on any atom is 0.329 e. The van der Waals surface area contributed by atoms with E-state index in [0.717, 1.165) is 55.7 Å². The number of piperidine rings is 1. The molecule has 2 aliphatic rings. The number of hydrogen-bond donors (Lipinski definition) is 2. The van der Waals surface area contributed by atoms with Gasteiger partial charge in [0, 0.05) is 38.2 Å². The van der Waals surface area contributed by atoms with Gasteiger partial charge in [0.1, 0.15) is 18.5 Å². The second-order valence-electron chi connectivity index (χ2n) is 7.11. The van der Waals surface area contributed by atoms with Crippen LogP contribution in [0.15, 0.2) is 34.4 Å². The summed E-state index contributed by atoms with van der Waals surface area (Å²) in [4.78, 5) is 22.8. The first-order valence-corrected chi connectivity index (χ1v) is 9.74. The summed E-state index contributed by atoms with van der Waals surface area (Å²) in [5, 5.41) is 13.0. The van der Waals surface area contributed by atoms with E-state index in [2.05, 4.69) is 15.0 Å². The highest BCUT2D eigenvalue weighted by molar-refractivity contribution is 6.03. The highest BCUT2D eigenvalue weighted by Crippen LogP contribution is 2.20. The van der Waals surface area contributed by atoms with Crippen LogP contribution in [0.3, 0.4) is 0 Å². The molecule has 1 aromatic carbocycles. The van der Waals surface area contributed by atoms with E-state index in [9.17, 15) is 4.79 Å². The molecule has 0 aliphatic carbocycles. The van der Waals surface area contributed by atoms with Gasteiger partial charge in [-0.25, -0.2) is 4.79 Å². The molecule has 0 amide bonds. The number of aliphatic imine (C=N–C) groups is 1. The van der Waals surface area contributed by atoms with Crippen LogP contribution in [0.5, 0.6) is 0 Å². The number of carboxylic acids is 1. The molecule has 3 rings (SSSR count). The molecule has 0 spiro atoms. The lowest BCUT2D eigenvalue weighted by molar-refractivity contribution is -0.145. The van der Waals surface area contributed by atoms with Crippen molar-refractivity contribution >= 4 is 17.5 Å². The van der Waals surface area contributed by atoms with Gasteiger partial charge in [-0.05, 0) is 25.3 Å². The van der Waals surface area contributed by atoms with Crippen molar-refractivity contribution in [2.45, 2.75) is 38.4 Å². The van der Waals surface area contributed by atoms with Crippen LogP contribution < -0.4 is 5.73 Å². The molecule has 28 heavy (non-hydrogen) atoms. The van der Waals surface area contributed by atoms with Gasteiger partial charge in [0.05, 0.1) is 11.8 Å². The van der Waals surface area contributed by atoms with Gasteiger partial charge in [-0.15, -0.1) is 0 Å². The molecular formula is C20H28N4O4. The Bertz CT molecular complexity index is 724. The van der Waals surface area contributed by atoms with Gasteiger partial charge in [0.25, 0.3) is 0 Å². The zero-order chi connectivity index (χ0) is 19.9. The number of amidine groups is 1. The average molecular weight is 388 g/mol. The molecule has 0 saturated carbocycles. The van der Waals surface area contributed by atoms with E-state index in [4.69, 9.17) is 20.4 Å². The second-order valence-corrected chi connectivity index (χ2v) is 7.11. The van der Waals surface area contributed by atoms with Crippen LogP contribution in [0.2, 0.25) is 0 Å². The van der Waals surface area contributed by atoms with Crippen LogP contribution in [0.1, 0.15) is 37.3 Å². The normalized spacial score (nSPS) is 21.4. The number of hydrogen-bond acceptors (Lipinski definition) is 6. The molecular weight excluding hydrogens is 360 g/mol. The van der Waals surface area contributed by atoms with Crippen LogP contribution >= 0.6 is 0 Å². The topological polar surface area (TPSA) is 110 Å². The molecule has 0 aromatic heterocycles. The van der Waals surface area contributed by atoms with E-state index in [1.807, 2.05) is 31.2 Å². The quantitative estimate of drug-likeness (QED) is 0.515. The number of nitrogens with zero attached hydrogens (tertiary/aromatic N) is 3. The minimum Gasteiger partial charge on any atom is -0.480 e. The maximum absolute atomic E-state index is 10.6. The third-order valence-electron chi connectivity index (χ3n) is 5.01. The SMILES string of the molecule is CCN=C(N)c1ccc(C2=NOC(CN3CCC(OCC(=O)O)CC3)C2)cc1. The standard InChI is InChI=1S/C20H28N4O4/c1-2-22-20(21)15-5-3-14(4-6-15)18-11-17(28-23-18)12-24-9-7-16(8-10-24)27-13-19(25)26/h3-6,16-17H,2,7-13H2,1H3,(H2,21,22)(H,25,26). The molecule has 8 nitrogen and oxygen atoms in total. The summed E-state index contributed by atoms with van der Waals surface area (Å²) in [6, 6.07) is 7.93. The highest BCUT2D eigenvalue weighted by Gasteiger charge is 2.27. The zero-order valence-electron chi connectivity index (χ0n) is 16.2. The largest absolute Gasteiger partial charge is 0.480 e. The number of benzene rings is 1. The Hall–Kier alpha value is -2.45. The first-order chi connectivity index (χ1) is 13.5. The lowest BCUT2D eigenvalue weighted by Gasteiger charge is -2.32. The third kappa shape index (κ3) is 5.53. The molecule has 8 heteroatoms. The van der Waals surface area contributed by atoms with E-state index in [-0.39, 0.29) is 18.8 Å². The van der Waals surface area contributed by atoms with Gasteiger partial charge in [-0.3, -0.25) is 9.89 Å². The fraction of sp³-hybridized carbons (Fsp3) is 0.550. The van der Waals surface area contributed by atoms with Crippen molar-refractivity contribution in [2.75, 3.05) is 32.8 Å². The van der Waals surface area contributed by atoms with Crippen molar-refractivity contribution < 1.29 is 19.5 Å². The summed E-state index contributed by atoms with van der Waals surface area (Å²) in [5.41, 5.74) is 8.83. The van der Waals surface area contributed by atoms with Crippen LogP contribution in [0.25, 0.3) is 0 Å². The summed E-state index contributed by atoms with van der Waals surface area (Å²) < 4.78 is 5.38. The number of carboxylic acid groups (broad SMARTS) is 1. The molecule has 1 unspecified atom stereocenters. The maximum atomic E-state index is 10.6. The first kappa shape index (κ1) is 20.3. The van der Waals surface area contributed by atoms with Crippen molar-refractivity contribution in [2.24, 2.45) is 15.9 Å². The molecule has 1 aromatic rings. The molecule has 0 radical (unpaired) electrons. The molecule has 1 atom stereocenters. The Kier molecular flexibility index (Phi) is 7.00. The molecule has 3 N–H and O–H groups in total. The number of ether oxygens (including phenoxy) is 1. The highest BCUT2D eigenvalue weighted by atomic mass is 16.6. The molecule has 2 aliphatic heterocycles. The monoisotopic (exact) mass is 388 g/mol. The van der Waals surface area contributed by atoms with E-state index in [0.29, 0.717) is 12.4 Å². The Morgan fingerprint density at radius 1 is 1.36 bits per heavy atom. The number of nitrogens with two attached hydrogens (primary N) is 1. The Morgan fingerprint density at radius 3 is 2.71 bits per heavy atom. The average Bonchev–Trinajstić information content (AvgIpc) is 3.16. The number of likely N-dealkylation sites (tertiary alicyclic amines) is 1. The fourth-order valence-corrected chi connectivity index (χ4v) is 3.53. The zero-order valence-corrected chi connectivity index (χ0v) is 16.2. The number of oxime groups is 1. The fourth-order valence-electron chi connectivity index (χ4n) is 3.53. The minimum absolute atomic E-state index is 0.0332. The first-order valence-electron chi connectivity index (χ1n) is 9.74. The summed E-state index contributed by atoms with van der Waals surface area (Å²) in [6.45, 7) is 4.97. The smallest absolute Gasteiger partial charge is 0.329 e. The summed E-state index contributed by atoms with van der Waals surface area (Å²) >= 11 is 0. The van der Waals surface area contributed by atoms with Gasteiger partial charge in [0.2, 0.25) is 0 Å². The lowest BCUT2D eigenvalue weighted by atomic mass is 10.0. The summed E-state index contributed by atoms with van der Waals surface area (Å²) in [6.07, 6.45) is 2.53. The van der Waals surface area contributed by atoms with Crippen molar-refractivity contribution in [3.8, 4) is 0 Å². The van der Waals surface area contributed by atoms with Gasteiger partial charge < -0.3 is 20.4 Å². The Morgan fingerprint density at radius 2 is 2.07 bits per heavy atom. The molecule has 0 bridgehead atoms. The van der Waals surface area contributed by atoms with Crippen LogP contribution in [-0.4, -0.2) is 72.5 Å². The van der Waals surface area contributed by atoms with Crippen LogP contribution in [-0.2, 0) is 14.4 Å². The number of aliphatic carboxylic acids is 1. The van der Waals surface area contributed by atoms with Gasteiger partial charge in [0.15, 0.2) is 0 Å². The predicted molar refractivity (Wildman–Crippen MR) is 107 cm³/mol. The molecule has 152 valence electrons. The van der Waals surface area contributed by atoms with E-state index >= 15 is 0 Å². The number of rotatable bonds is 8. The molecule has 1 saturated heterocycles. The van der Waals surface area contributed by atoms with Gasteiger partial charge in [-0.1, -0.05) is 29.4 Å². The van der Waals surface area contributed by atoms with Crippen LogP contribution in [0.4, 0.5) is 0 Å². The molecule has 2 heterocycles. The summed E-state index contributed by atoms with van der Waals surface area (Å²) in [5.74, 6) is -0.368. The van der Waals surface area contributed by atoms with E-state index in [1.54, 1.807) is 0 Å². The minimum atomic E-state index is -0.917. The van der Waals surface area contributed by atoms with Crippen molar-refractivity contribution in [1.29, 1.82) is 0 Å². The van der Waals surface area contributed by atoms with Crippen molar-refractivity contribution in [3.05, 3.63) is 35.4 Å². The van der Waals surface area contributed by atoms with Gasteiger partial charge >= 0.3 is 5.97 Å². The molecule has 1 fully saturated rings. The van der Waals surface area contributed by atoms with Crippen LogP contribution in [0, 0.1) is 0 Å². The Balaban J connectivity index is 1.44. The Labute approximate surface area is 165 Å². The third-order valence-corrected chi connectivity index (χ3v) is 5.01. The lowest BCUT2D eigenvalue weighted by Crippen LogP contribution is -2.41. The van der Waals surface area contributed by atoms with E-state index in [1.165, 1.54) is 0 Å². The van der Waals surface area contributed by atoms with E-state index < -0.39 is 5.97 Å². The summed E-state index contributed by atoms with van der Waals surface area (Å²) in [7, 11) is 0. The van der Waals surface area contributed by atoms with Crippen molar-refractivity contribution in [1.82, 2.24) is 4.90 Å². The number of carbonyl (C=O) groups is 1. The van der Waals surface area contributed by atoms with Gasteiger partial charge in [-0.2, -0.15) is 0 Å². The predicted octanol–water partition coefficient (Wildman–Crippen LogP) is 1.47. The second kappa shape index (κ2) is 9.66. The van der Waals surface area contributed by atoms with Crippen molar-refractivity contribution in [3.63, 3.8) is 0 Å².